The molecule has 0 atom stereocenters. The Morgan fingerprint density at radius 1 is 1.38 bits per heavy atom. The Morgan fingerprint density at radius 2 is 2.00 bits per heavy atom. The summed E-state index contributed by atoms with van der Waals surface area (Å²) in [4.78, 5) is 14.3. The third kappa shape index (κ3) is 3.51. The zero-order valence-corrected chi connectivity index (χ0v) is 13.3. The first kappa shape index (κ1) is 15.7. The van der Waals surface area contributed by atoms with Crippen molar-refractivity contribution in [2.24, 2.45) is 0 Å². The zero-order chi connectivity index (χ0) is 15.3. The number of hydrogen-bond donors (Lipinski definition) is 0. The molecule has 21 heavy (non-hydrogen) atoms. The number of rotatable bonds is 4. The van der Waals surface area contributed by atoms with Crippen molar-refractivity contribution in [3.8, 4) is 11.8 Å². The first-order chi connectivity index (χ1) is 10.1. The van der Waals surface area contributed by atoms with Crippen LogP contribution < -0.4 is 4.74 Å². The fourth-order valence-electron chi connectivity index (χ4n) is 2.48. The Labute approximate surface area is 130 Å². The number of hydrogen-bond acceptors (Lipinski definition) is 4. The fourth-order valence-corrected chi connectivity index (χ4v) is 3.16. The summed E-state index contributed by atoms with van der Waals surface area (Å²) in [5, 5.41) is 9.28. The van der Waals surface area contributed by atoms with E-state index < -0.39 is 0 Å². The predicted octanol–water partition coefficient (Wildman–Crippen LogP) is 2.95. The number of nitrogens with zero attached hydrogens (tertiary/aromatic N) is 2. The molecular weight excluding hydrogens is 284 g/mol. The zero-order valence-electron chi connectivity index (χ0n) is 12.5. The quantitative estimate of drug-likeness (QED) is 0.858. The standard InChI is InChI=1S/C16H20N2O2S/c1-3-20-14-6-4-13(5-7-14)15(19)18-10-8-16(12-17,21-2)9-11-18/h4-7H,3,8-11H2,1-2H3. The number of amides is 1. The molecule has 1 amide bonds. The molecule has 0 aromatic heterocycles. The third-order valence-corrected chi connectivity index (χ3v) is 5.15. The van der Waals surface area contributed by atoms with Gasteiger partial charge in [-0.3, -0.25) is 4.79 Å². The van der Waals surface area contributed by atoms with Crippen LogP contribution in [0.1, 0.15) is 30.1 Å². The summed E-state index contributed by atoms with van der Waals surface area (Å²) in [7, 11) is 0. The summed E-state index contributed by atoms with van der Waals surface area (Å²) >= 11 is 1.59. The van der Waals surface area contributed by atoms with Crippen LogP contribution in [0.15, 0.2) is 24.3 Å². The van der Waals surface area contributed by atoms with Gasteiger partial charge in [0.1, 0.15) is 10.5 Å². The van der Waals surface area contributed by atoms with E-state index in [1.54, 1.807) is 23.9 Å². The lowest BCUT2D eigenvalue weighted by Crippen LogP contribution is -2.44. The third-order valence-electron chi connectivity index (χ3n) is 3.87. The van der Waals surface area contributed by atoms with Crippen molar-refractivity contribution < 1.29 is 9.53 Å². The van der Waals surface area contributed by atoms with Gasteiger partial charge in [0.15, 0.2) is 0 Å². The smallest absolute Gasteiger partial charge is 0.253 e. The number of carbonyl (C=O) groups is 1. The molecule has 0 aliphatic carbocycles. The molecule has 1 aliphatic rings. The molecule has 1 aliphatic heterocycles. The van der Waals surface area contributed by atoms with E-state index in [0.29, 0.717) is 25.3 Å². The van der Waals surface area contributed by atoms with Gasteiger partial charge < -0.3 is 9.64 Å². The van der Waals surface area contributed by atoms with Crippen molar-refractivity contribution in [2.75, 3.05) is 26.0 Å². The minimum atomic E-state index is -0.324. The van der Waals surface area contributed by atoms with Crippen LogP contribution in [0.25, 0.3) is 0 Å². The lowest BCUT2D eigenvalue weighted by molar-refractivity contribution is 0.0716. The molecule has 1 saturated heterocycles. The number of piperidine rings is 1. The van der Waals surface area contributed by atoms with E-state index in [1.807, 2.05) is 30.2 Å². The Hall–Kier alpha value is -1.67. The number of thioether (sulfide) groups is 1. The van der Waals surface area contributed by atoms with Crippen molar-refractivity contribution >= 4 is 17.7 Å². The largest absolute Gasteiger partial charge is 0.494 e. The van der Waals surface area contributed by atoms with Crippen LogP contribution in [0.4, 0.5) is 0 Å². The second-order valence-corrected chi connectivity index (χ2v) is 6.25. The molecule has 0 saturated carbocycles. The lowest BCUT2D eigenvalue weighted by Gasteiger charge is -2.36. The maximum atomic E-state index is 12.5. The van der Waals surface area contributed by atoms with Crippen LogP contribution in [-0.4, -0.2) is 41.5 Å². The molecule has 1 aromatic carbocycles. The molecule has 0 spiro atoms. The van der Waals surface area contributed by atoms with Crippen LogP contribution in [-0.2, 0) is 0 Å². The molecule has 0 bridgehead atoms. The number of ether oxygens (including phenoxy) is 1. The molecule has 0 radical (unpaired) electrons. The fraction of sp³-hybridized carbons (Fsp3) is 0.500. The Kier molecular flexibility index (Phi) is 5.13. The van der Waals surface area contributed by atoms with Gasteiger partial charge in [0.25, 0.3) is 5.91 Å². The average molecular weight is 304 g/mol. The second kappa shape index (κ2) is 6.86. The van der Waals surface area contributed by atoms with Gasteiger partial charge in [-0.05, 0) is 50.3 Å². The van der Waals surface area contributed by atoms with Gasteiger partial charge in [-0.25, -0.2) is 0 Å². The number of nitriles is 1. The monoisotopic (exact) mass is 304 g/mol. The van der Waals surface area contributed by atoms with Gasteiger partial charge in [-0.2, -0.15) is 5.26 Å². The molecule has 5 heteroatoms. The topological polar surface area (TPSA) is 53.3 Å². The van der Waals surface area contributed by atoms with Crippen molar-refractivity contribution in [2.45, 2.75) is 24.5 Å². The van der Waals surface area contributed by atoms with E-state index in [2.05, 4.69) is 6.07 Å². The van der Waals surface area contributed by atoms with Gasteiger partial charge in [-0.1, -0.05) is 0 Å². The lowest BCUT2D eigenvalue weighted by atomic mass is 9.96. The highest BCUT2D eigenvalue weighted by Gasteiger charge is 2.35. The van der Waals surface area contributed by atoms with Gasteiger partial charge in [-0.15, -0.1) is 11.8 Å². The number of benzene rings is 1. The van der Waals surface area contributed by atoms with E-state index in [9.17, 15) is 10.1 Å². The minimum Gasteiger partial charge on any atom is -0.494 e. The number of likely N-dealkylation sites (tertiary alicyclic amines) is 1. The van der Waals surface area contributed by atoms with Gasteiger partial charge in [0.05, 0.1) is 12.7 Å². The second-order valence-electron chi connectivity index (χ2n) is 5.06. The summed E-state index contributed by atoms with van der Waals surface area (Å²) in [6.07, 6.45) is 3.42. The molecule has 112 valence electrons. The van der Waals surface area contributed by atoms with Gasteiger partial charge in [0, 0.05) is 18.7 Å². The van der Waals surface area contributed by atoms with E-state index in [0.717, 1.165) is 18.6 Å². The Balaban J connectivity index is 2.00. The van der Waals surface area contributed by atoms with E-state index >= 15 is 0 Å². The summed E-state index contributed by atoms with van der Waals surface area (Å²) < 4.78 is 5.05. The van der Waals surface area contributed by atoms with Crippen LogP contribution in [0.5, 0.6) is 5.75 Å². The normalized spacial score (nSPS) is 17.1. The van der Waals surface area contributed by atoms with Gasteiger partial charge in [0.2, 0.25) is 0 Å². The molecule has 1 heterocycles. The SMILES string of the molecule is CCOc1ccc(C(=O)N2CCC(C#N)(SC)CC2)cc1. The molecule has 1 aromatic rings. The first-order valence-electron chi connectivity index (χ1n) is 7.12. The molecule has 0 N–H and O–H groups in total. The van der Waals surface area contributed by atoms with E-state index in [1.165, 1.54) is 0 Å². The van der Waals surface area contributed by atoms with Crippen molar-refractivity contribution in [3.05, 3.63) is 29.8 Å². The molecular formula is C16H20N2O2S. The number of carbonyl (C=O) groups excluding carboxylic acids is 1. The average Bonchev–Trinajstić information content (AvgIpc) is 2.55. The van der Waals surface area contributed by atoms with Crippen LogP contribution in [0.2, 0.25) is 0 Å². The summed E-state index contributed by atoms with van der Waals surface area (Å²) in [6.45, 7) is 3.82. The molecule has 1 fully saturated rings. The predicted molar refractivity (Wildman–Crippen MR) is 84.6 cm³/mol. The maximum Gasteiger partial charge on any atom is 0.253 e. The first-order valence-corrected chi connectivity index (χ1v) is 8.35. The van der Waals surface area contributed by atoms with E-state index in [-0.39, 0.29) is 10.7 Å². The highest BCUT2D eigenvalue weighted by Crippen LogP contribution is 2.34. The van der Waals surface area contributed by atoms with Crippen molar-refractivity contribution in [1.82, 2.24) is 4.90 Å². The molecule has 0 unspecified atom stereocenters. The van der Waals surface area contributed by atoms with Crippen molar-refractivity contribution in [1.29, 1.82) is 5.26 Å². The van der Waals surface area contributed by atoms with Crippen LogP contribution >= 0.6 is 11.8 Å². The van der Waals surface area contributed by atoms with E-state index in [4.69, 9.17) is 4.74 Å². The summed E-state index contributed by atoms with van der Waals surface area (Å²) in [5.74, 6) is 0.810. The molecule has 2 rings (SSSR count). The molecule has 4 nitrogen and oxygen atoms in total. The van der Waals surface area contributed by atoms with Crippen molar-refractivity contribution in [3.63, 3.8) is 0 Å². The summed E-state index contributed by atoms with van der Waals surface area (Å²) in [6, 6.07) is 9.64. The highest BCUT2D eigenvalue weighted by atomic mass is 32.2. The van der Waals surface area contributed by atoms with Crippen LogP contribution in [0.3, 0.4) is 0 Å². The highest BCUT2D eigenvalue weighted by molar-refractivity contribution is 8.00. The summed E-state index contributed by atoms with van der Waals surface area (Å²) in [5.41, 5.74) is 0.673. The van der Waals surface area contributed by atoms with Crippen LogP contribution in [0, 0.1) is 11.3 Å². The Bertz CT molecular complexity index is 528. The minimum absolute atomic E-state index is 0.0330. The Morgan fingerprint density at radius 3 is 2.48 bits per heavy atom. The van der Waals surface area contributed by atoms with Gasteiger partial charge >= 0.3 is 0 Å². The maximum absolute atomic E-state index is 12.5.